The Labute approximate surface area is 210 Å². The fraction of sp³-hybridized carbons (Fsp3) is 0.393. The molecule has 1 heterocycles. The smallest absolute Gasteiger partial charge is 0.374 e. The summed E-state index contributed by atoms with van der Waals surface area (Å²) < 4.78 is 10.8. The molecule has 2 rings (SSSR count). The van der Waals surface area contributed by atoms with Crippen LogP contribution in [0.5, 0.6) is 11.5 Å². The van der Waals surface area contributed by atoms with Crippen LogP contribution in [0.25, 0.3) is 11.0 Å². The number of methoxy groups -OCH3 is 1. The number of fused-ring (bicyclic) bond motifs is 1. The zero-order valence-corrected chi connectivity index (χ0v) is 21.8. The van der Waals surface area contributed by atoms with Crippen molar-refractivity contribution in [2.75, 3.05) is 7.11 Å². The van der Waals surface area contributed by atoms with E-state index >= 15 is 0 Å². The molecule has 0 unspecified atom stereocenters. The van der Waals surface area contributed by atoms with E-state index in [0.717, 1.165) is 29.9 Å². The maximum atomic E-state index is 14.0. The number of phenols is 2. The van der Waals surface area contributed by atoms with Crippen LogP contribution >= 0.6 is 0 Å². The molecule has 0 bridgehead atoms. The highest BCUT2D eigenvalue weighted by Gasteiger charge is 2.46. The van der Waals surface area contributed by atoms with Gasteiger partial charge >= 0.3 is 11.9 Å². The summed E-state index contributed by atoms with van der Waals surface area (Å²) in [6.45, 7) is 10.9. The number of aliphatic carboxylic acids is 1. The van der Waals surface area contributed by atoms with Gasteiger partial charge in [0.15, 0.2) is 0 Å². The number of ether oxygens (including phenoxy) is 1. The molecule has 0 amide bonds. The third kappa shape index (κ3) is 5.70. The molecule has 0 aliphatic heterocycles. The van der Waals surface area contributed by atoms with Crippen LogP contribution in [-0.2, 0) is 21.4 Å². The number of carboxylic acid groups (broad SMARTS) is 1. The number of carbonyl (C=O) groups excluding carboxylic acids is 1. The minimum Gasteiger partial charge on any atom is -0.507 e. The fourth-order valence-electron chi connectivity index (χ4n) is 3.89. The Morgan fingerprint density at radius 2 is 1.47 bits per heavy atom. The number of hydrogen-bond donors (Lipinski definition) is 3. The van der Waals surface area contributed by atoms with Gasteiger partial charge in [-0.15, -0.1) is 0 Å². The van der Waals surface area contributed by atoms with Crippen molar-refractivity contribution in [1.29, 1.82) is 0 Å². The molecule has 194 valence electrons. The molecule has 0 radical (unpaired) electrons. The SMILES string of the molecule is COC(=O)c1oc2c(CC=C(C)C)c(O)cc(O)c2c(=O)c1C(CC=C(C)C)(CC=C(C)C)C(=O)O. The summed E-state index contributed by atoms with van der Waals surface area (Å²) in [5, 5.41) is 31.4. The maximum Gasteiger partial charge on any atom is 0.374 e. The first-order valence-electron chi connectivity index (χ1n) is 11.5. The third-order valence-electron chi connectivity index (χ3n) is 5.92. The van der Waals surface area contributed by atoms with Crippen LogP contribution in [0.1, 0.15) is 76.1 Å². The lowest BCUT2D eigenvalue weighted by molar-refractivity contribution is -0.143. The maximum absolute atomic E-state index is 14.0. The lowest BCUT2D eigenvalue weighted by Gasteiger charge is -2.29. The first-order valence-corrected chi connectivity index (χ1v) is 11.5. The molecule has 0 aliphatic carbocycles. The minimum absolute atomic E-state index is 0.113. The second kappa shape index (κ2) is 11.3. The van der Waals surface area contributed by atoms with Gasteiger partial charge in [0.05, 0.1) is 12.7 Å². The monoisotopic (exact) mass is 498 g/mol. The van der Waals surface area contributed by atoms with Crippen LogP contribution < -0.4 is 5.43 Å². The van der Waals surface area contributed by atoms with Crippen molar-refractivity contribution in [3.05, 3.63) is 68.1 Å². The number of hydrogen-bond acceptors (Lipinski definition) is 7. The van der Waals surface area contributed by atoms with Gasteiger partial charge in [-0.1, -0.05) is 34.9 Å². The number of benzene rings is 1. The van der Waals surface area contributed by atoms with Crippen LogP contribution in [-0.4, -0.2) is 34.4 Å². The summed E-state index contributed by atoms with van der Waals surface area (Å²) in [7, 11) is 1.09. The van der Waals surface area contributed by atoms with E-state index in [1.165, 1.54) is 0 Å². The molecule has 1 aromatic heterocycles. The normalized spacial score (nSPS) is 11.1. The second-order valence-electron chi connectivity index (χ2n) is 9.57. The first kappa shape index (κ1) is 28.4. The highest BCUT2D eigenvalue weighted by molar-refractivity contribution is 5.97. The molecular formula is C28H34O8. The molecule has 0 atom stereocenters. The van der Waals surface area contributed by atoms with Crippen LogP contribution in [0.2, 0.25) is 0 Å². The molecule has 0 saturated carbocycles. The topological polar surface area (TPSA) is 134 Å². The van der Waals surface area contributed by atoms with E-state index in [4.69, 9.17) is 9.15 Å². The molecule has 1 aromatic carbocycles. The fourth-order valence-corrected chi connectivity index (χ4v) is 3.89. The van der Waals surface area contributed by atoms with Gasteiger partial charge in [0.25, 0.3) is 0 Å². The van der Waals surface area contributed by atoms with Gasteiger partial charge in [-0.05, 0) is 60.8 Å². The minimum atomic E-state index is -1.89. The molecule has 8 heteroatoms. The van der Waals surface area contributed by atoms with Crippen molar-refractivity contribution in [2.45, 2.75) is 66.2 Å². The number of carbonyl (C=O) groups is 2. The van der Waals surface area contributed by atoms with Crippen molar-refractivity contribution < 1.29 is 34.1 Å². The average molecular weight is 499 g/mol. The Hall–Kier alpha value is -3.81. The van der Waals surface area contributed by atoms with Gasteiger partial charge in [0.2, 0.25) is 11.2 Å². The van der Waals surface area contributed by atoms with Crippen LogP contribution in [0.3, 0.4) is 0 Å². The molecule has 0 fully saturated rings. The molecule has 3 N–H and O–H groups in total. The zero-order valence-electron chi connectivity index (χ0n) is 21.8. The van der Waals surface area contributed by atoms with E-state index in [1.54, 1.807) is 45.9 Å². The largest absolute Gasteiger partial charge is 0.507 e. The lowest BCUT2D eigenvalue weighted by Crippen LogP contribution is -2.41. The van der Waals surface area contributed by atoms with Crippen molar-refractivity contribution in [3.63, 3.8) is 0 Å². The van der Waals surface area contributed by atoms with Crippen molar-refractivity contribution in [2.24, 2.45) is 0 Å². The summed E-state index contributed by atoms with van der Waals surface area (Å²) in [5.41, 5.74) is -0.653. The highest BCUT2D eigenvalue weighted by Crippen LogP contribution is 2.40. The highest BCUT2D eigenvalue weighted by atomic mass is 16.5. The molecular weight excluding hydrogens is 464 g/mol. The van der Waals surface area contributed by atoms with Gasteiger partial charge < -0.3 is 24.5 Å². The number of allylic oxidation sites excluding steroid dienone is 6. The van der Waals surface area contributed by atoms with E-state index in [-0.39, 0.29) is 41.5 Å². The van der Waals surface area contributed by atoms with Gasteiger partial charge in [0, 0.05) is 11.6 Å². The Morgan fingerprint density at radius 3 is 1.92 bits per heavy atom. The van der Waals surface area contributed by atoms with E-state index < -0.39 is 39.9 Å². The van der Waals surface area contributed by atoms with Crippen molar-refractivity contribution in [3.8, 4) is 11.5 Å². The van der Waals surface area contributed by atoms with Crippen molar-refractivity contribution in [1.82, 2.24) is 0 Å². The van der Waals surface area contributed by atoms with Crippen LogP contribution in [0, 0.1) is 0 Å². The van der Waals surface area contributed by atoms with Gasteiger partial charge in [-0.2, -0.15) is 0 Å². The summed E-state index contributed by atoms with van der Waals surface area (Å²) >= 11 is 0. The summed E-state index contributed by atoms with van der Waals surface area (Å²) in [6, 6.07) is 1.02. The van der Waals surface area contributed by atoms with Gasteiger partial charge in [-0.3, -0.25) is 9.59 Å². The predicted octanol–water partition coefficient (Wildman–Crippen LogP) is 5.53. The lowest BCUT2D eigenvalue weighted by atomic mass is 9.73. The average Bonchev–Trinajstić information content (AvgIpc) is 2.77. The van der Waals surface area contributed by atoms with Gasteiger partial charge in [-0.25, -0.2) is 4.79 Å². The van der Waals surface area contributed by atoms with E-state index in [2.05, 4.69) is 0 Å². The van der Waals surface area contributed by atoms with E-state index in [0.29, 0.717) is 0 Å². The predicted molar refractivity (Wildman–Crippen MR) is 138 cm³/mol. The molecule has 0 saturated heterocycles. The second-order valence-corrected chi connectivity index (χ2v) is 9.57. The summed E-state index contributed by atoms with van der Waals surface area (Å²) in [4.78, 5) is 39.8. The van der Waals surface area contributed by atoms with E-state index in [9.17, 15) is 29.7 Å². The van der Waals surface area contributed by atoms with Gasteiger partial charge in [0.1, 0.15) is 27.9 Å². The summed E-state index contributed by atoms with van der Waals surface area (Å²) in [6.07, 6.45) is 5.05. The Morgan fingerprint density at radius 1 is 0.944 bits per heavy atom. The van der Waals surface area contributed by atoms with Crippen LogP contribution in [0.4, 0.5) is 0 Å². The molecule has 0 aliphatic rings. The number of phenolic OH excluding ortho intramolecular Hbond substituents is 2. The number of carboxylic acids is 1. The Balaban J connectivity index is 3.19. The third-order valence-corrected chi connectivity index (χ3v) is 5.92. The molecule has 0 spiro atoms. The number of aromatic hydroxyl groups is 2. The van der Waals surface area contributed by atoms with E-state index in [1.807, 2.05) is 13.8 Å². The zero-order chi connectivity index (χ0) is 27.4. The number of esters is 1. The molecule has 8 nitrogen and oxygen atoms in total. The Bertz CT molecular complexity index is 1310. The van der Waals surface area contributed by atoms with Crippen molar-refractivity contribution >= 4 is 22.9 Å². The Kier molecular flexibility index (Phi) is 8.91. The number of rotatable bonds is 9. The van der Waals surface area contributed by atoms with Crippen LogP contribution in [0.15, 0.2) is 50.2 Å². The quantitative estimate of drug-likeness (QED) is 0.303. The molecule has 2 aromatic rings. The standard InChI is InChI=1S/C28H34O8/c1-15(2)8-9-18-19(29)14-20(30)21-23(31)22(25(26(32)35-7)36-24(18)21)28(27(33)34,12-10-16(3)4)13-11-17(5)6/h8,10-11,14,29-30H,9,12-13H2,1-7H3,(H,33,34). The summed E-state index contributed by atoms with van der Waals surface area (Å²) in [5.74, 6) is -3.87. The molecule has 36 heavy (non-hydrogen) atoms. The first-order chi connectivity index (χ1) is 16.8.